The number of carbonyl (C=O) groups excluding carboxylic acids is 1. The van der Waals surface area contributed by atoms with Crippen LogP contribution < -0.4 is 10.6 Å². The number of hydrogen-bond acceptors (Lipinski definition) is 5. The third-order valence-electron chi connectivity index (χ3n) is 3.34. The molecule has 3 aromatic rings. The van der Waals surface area contributed by atoms with Crippen LogP contribution in [0.4, 0.5) is 17.3 Å². The first-order valence-electron chi connectivity index (χ1n) is 7.25. The minimum Gasteiger partial charge on any atom is -0.360 e. The number of rotatable bonds is 4. The maximum absolute atomic E-state index is 12.4. The third-order valence-corrected chi connectivity index (χ3v) is 4.19. The molecule has 122 valence electrons. The molecule has 7 heteroatoms. The number of hydrogen-bond donors (Lipinski definition) is 2. The first-order chi connectivity index (χ1) is 11.5. The largest absolute Gasteiger partial charge is 0.360 e. The highest BCUT2D eigenvalue weighted by Crippen LogP contribution is 2.21. The number of nitrogens with zero attached hydrogens (tertiary/aromatic N) is 2. The first-order valence-corrected chi connectivity index (χ1v) is 8.04. The van der Waals surface area contributed by atoms with Gasteiger partial charge in [-0.1, -0.05) is 27.2 Å². The van der Waals surface area contributed by atoms with Crippen LogP contribution in [-0.4, -0.2) is 16.0 Å². The normalized spacial score (nSPS) is 10.5. The van der Waals surface area contributed by atoms with E-state index in [0.717, 1.165) is 15.7 Å². The van der Waals surface area contributed by atoms with Gasteiger partial charge in [0.1, 0.15) is 11.6 Å². The van der Waals surface area contributed by atoms with Gasteiger partial charge >= 0.3 is 0 Å². The van der Waals surface area contributed by atoms with E-state index in [0.29, 0.717) is 23.0 Å². The van der Waals surface area contributed by atoms with Crippen molar-refractivity contribution >= 4 is 39.2 Å². The average Bonchev–Trinajstić information content (AvgIpc) is 2.96. The quantitative estimate of drug-likeness (QED) is 0.692. The molecule has 0 spiro atoms. The lowest BCUT2D eigenvalue weighted by molar-refractivity contribution is 0.102. The zero-order valence-electron chi connectivity index (χ0n) is 13.1. The van der Waals surface area contributed by atoms with Crippen LogP contribution in [0.5, 0.6) is 0 Å². The first kappa shape index (κ1) is 16.2. The van der Waals surface area contributed by atoms with Crippen LogP contribution in [-0.2, 0) is 0 Å². The predicted octanol–water partition coefficient (Wildman–Crippen LogP) is 4.44. The van der Waals surface area contributed by atoms with Gasteiger partial charge in [0.15, 0.2) is 5.82 Å². The topological polar surface area (TPSA) is 80.0 Å². The maximum Gasteiger partial charge on any atom is 0.255 e. The molecule has 0 saturated heterocycles. The summed E-state index contributed by atoms with van der Waals surface area (Å²) in [6.07, 6.45) is 1.56. The van der Waals surface area contributed by atoms with Gasteiger partial charge in [-0.2, -0.15) is 0 Å². The van der Waals surface area contributed by atoms with Gasteiger partial charge in [-0.15, -0.1) is 0 Å². The molecule has 0 unspecified atom stereocenters. The van der Waals surface area contributed by atoms with Gasteiger partial charge in [0, 0.05) is 28.0 Å². The molecular weight excluding hydrogens is 372 g/mol. The number of anilines is 3. The van der Waals surface area contributed by atoms with E-state index in [-0.39, 0.29) is 5.91 Å². The van der Waals surface area contributed by atoms with Crippen molar-refractivity contribution in [1.29, 1.82) is 0 Å². The van der Waals surface area contributed by atoms with Crippen LogP contribution in [0.1, 0.15) is 21.7 Å². The number of benzene rings is 1. The Hall–Kier alpha value is -2.67. The van der Waals surface area contributed by atoms with E-state index >= 15 is 0 Å². The van der Waals surface area contributed by atoms with Crippen molar-refractivity contribution in [2.24, 2.45) is 0 Å². The molecule has 0 aliphatic rings. The van der Waals surface area contributed by atoms with Crippen molar-refractivity contribution in [1.82, 2.24) is 10.1 Å². The lowest BCUT2D eigenvalue weighted by Gasteiger charge is -2.08. The fourth-order valence-corrected chi connectivity index (χ4v) is 2.45. The van der Waals surface area contributed by atoms with Crippen molar-refractivity contribution in [3.8, 4) is 0 Å². The van der Waals surface area contributed by atoms with Gasteiger partial charge in [0.2, 0.25) is 0 Å². The summed E-state index contributed by atoms with van der Waals surface area (Å²) in [4.78, 5) is 16.6. The monoisotopic (exact) mass is 386 g/mol. The molecule has 0 atom stereocenters. The molecule has 0 aliphatic carbocycles. The van der Waals surface area contributed by atoms with E-state index in [2.05, 4.69) is 36.7 Å². The highest BCUT2D eigenvalue weighted by atomic mass is 79.9. The third kappa shape index (κ3) is 3.80. The van der Waals surface area contributed by atoms with Crippen molar-refractivity contribution in [2.45, 2.75) is 13.8 Å². The van der Waals surface area contributed by atoms with E-state index in [9.17, 15) is 4.79 Å². The lowest BCUT2D eigenvalue weighted by atomic mass is 10.2. The fraction of sp³-hybridized carbons (Fsp3) is 0.118. The van der Waals surface area contributed by atoms with Crippen LogP contribution in [0.25, 0.3) is 0 Å². The van der Waals surface area contributed by atoms with Crippen molar-refractivity contribution < 1.29 is 9.32 Å². The van der Waals surface area contributed by atoms with Gasteiger partial charge in [0.25, 0.3) is 5.91 Å². The van der Waals surface area contributed by atoms with E-state index in [1.807, 2.05) is 25.1 Å². The molecule has 0 bridgehead atoms. The smallest absolute Gasteiger partial charge is 0.255 e. The van der Waals surface area contributed by atoms with Crippen LogP contribution in [0.3, 0.4) is 0 Å². The average molecular weight is 387 g/mol. The molecule has 0 aliphatic heterocycles. The highest BCUT2D eigenvalue weighted by molar-refractivity contribution is 9.10. The molecule has 3 rings (SSSR count). The molecule has 1 amide bonds. The Morgan fingerprint density at radius 2 is 1.96 bits per heavy atom. The van der Waals surface area contributed by atoms with Gasteiger partial charge in [-0.3, -0.25) is 4.79 Å². The number of carbonyl (C=O) groups is 1. The van der Waals surface area contributed by atoms with Crippen LogP contribution in [0.2, 0.25) is 0 Å². The number of halogens is 1. The molecular formula is C17H15BrN4O2. The Kier molecular flexibility index (Phi) is 4.61. The Labute approximate surface area is 147 Å². The number of amides is 1. The van der Waals surface area contributed by atoms with Gasteiger partial charge < -0.3 is 15.2 Å². The Balaban J connectivity index is 1.75. The highest BCUT2D eigenvalue weighted by Gasteiger charge is 2.09. The molecule has 2 N–H and O–H groups in total. The zero-order valence-corrected chi connectivity index (χ0v) is 14.7. The molecule has 2 heterocycles. The molecule has 0 saturated carbocycles. The van der Waals surface area contributed by atoms with Crippen LogP contribution in [0.15, 0.2) is 51.6 Å². The molecule has 0 radical (unpaired) electrons. The lowest BCUT2D eigenvalue weighted by Crippen LogP contribution is -2.12. The standard InChI is InChI=1S/C17H15BrN4O2/c1-10-3-4-13(9-14(10)18)20-17(23)12-5-6-19-15(8-12)21-16-7-11(2)24-22-16/h3-9H,1-2H3,(H,20,23)(H,19,21,22). The van der Waals surface area contributed by atoms with Crippen LogP contribution in [0, 0.1) is 13.8 Å². The second kappa shape index (κ2) is 6.84. The van der Waals surface area contributed by atoms with Crippen molar-refractivity contribution in [3.05, 3.63) is 64.0 Å². The van der Waals surface area contributed by atoms with Crippen molar-refractivity contribution in [3.63, 3.8) is 0 Å². The van der Waals surface area contributed by atoms with Crippen molar-refractivity contribution in [2.75, 3.05) is 10.6 Å². The number of aryl methyl sites for hydroxylation is 2. The summed E-state index contributed by atoms with van der Waals surface area (Å²) in [5.74, 6) is 1.53. The molecule has 6 nitrogen and oxygen atoms in total. The van der Waals surface area contributed by atoms with E-state index < -0.39 is 0 Å². The molecule has 2 aromatic heterocycles. The molecule has 1 aromatic carbocycles. The van der Waals surface area contributed by atoms with E-state index in [1.165, 1.54) is 0 Å². The van der Waals surface area contributed by atoms with E-state index in [4.69, 9.17) is 4.52 Å². The summed E-state index contributed by atoms with van der Waals surface area (Å²) in [7, 11) is 0. The SMILES string of the molecule is Cc1cc(Nc2cc(C(=O)Nc3ccc(C)c(Br)c3)ccn2)no1. The number of nitrogens with one attached hydrogen (secondary N) is 2. The second-order valence-corrected chi connectivity index (χ2v) is 6.15. The Morgan fingerprint density at radius 1 is 1.12 bits per heavy atom. The number of aromatic nitrogens is 2. The summed E-state index contributed by atoms with van der Waals surface area (Å²) in [5, 5.41) is 9.70. The summed E-state index contributed by atoms with van der Waals surface area (Å²) in [6, 6.07) is 10.7. The van der Waals surface area contributed by atoms with E-state index in [1.54, 1.807) is 31.3 Å². The van der Waals surface area contributed by atoms with Crippen LogP contribution >= 0.6 is 15.9 Å². The van der Waals surface area contributed by atoms with Gasteiger partial charge in [-0.25, -0.2) is 4.98 Å². The predicted molar refractivity (Wildman–Crippen MR) is 95.6 cm³/mol. The zero-order chi connectivity index (χ0) is 17.1. The molecule has 24 heavy (non-hydrogen) atoms. The Morgan fingerprint density at radius 3 is 2.67 bits per heavy atom. The van der Waals surface area contributed by atoms with Gasteiger partial charge in [-0.05, 0) is 43.7 Å². The summed E-state index contributed by atoms with van der Waals surface area (Å²) in [6.45, 7) is 3.79. The molecule has 0 fully saturated rings. The minimum absolute atomic E-state index is 0.215. The minimum atomic E-state index is -0.215. The number of pyridine rings is 1. The maximum atomic E-state index is 12.4. The second-order valence-electron chi connectivity index (χ2n) is 5.30. The summed E-state index contributed by atoms with van der Waals surface area (Å²) < 4.78 is 5.93. The Bertz CT molecular complexity index is 892. The fourth-order valence-electron chi connectivity index (χ4n) is 2.07. The van der Waals surface area contributed by atoms with Gasteiger partial charge in [0.05, 0.1) is 0 Å². The summed E-state index contributed by atoms with van der Waals surface area (Å²) >= 11 is 3.46. The summed E-state index contributed by atoms with van der Waals surface area (Å²) in [5.41, 5.74) is 2.31.